The van der Waals surface area contributed by atoms with E-state index in [4.69, 9.17) is 4.74 Å². The number of carbonyl (C=O) groups is 2. The lowest BCUT2D eigenvalue weighted by Crippen LogP contribution is -2.12. The smallest absolute Gasteiger partial charge is 0.338 e. The Morgan fingerprint density at radius 1 is 1.17 bits per heavy atom. The fraction of sp³-hybridized carbons (Fsp3) is 0.235. The highest BCUT2D eigenvalue weighted by atomic mass is 32.2. The van der Waals surface area contributed by atoms with Crippen LogP contribution in [-0.4, -0.2) is 29.2 Å². The van der Waals surface area contributed by atoms with Gasteiger partial charge in [0.2, 0.25) is 5.91 Å². The second-order valence-electron chi connectivity index (χ2n) is 4.61. The highest BCUT2D eigenvalue weighted by molar-refractivity contribution is 7.99. The molecule has 0 spiro atoms. The molecule has 0 aliphatic heterocycles. The molecule has 2 rings (SSSR count). The molecule has 0 aliphatic rings. The first-order valence-electron chi connectivity index (χ1n) is 7.30. The lowest BCUT2D eigenvalue weighted by Gasteiger charge is -2.06. The van der Waals surface area contributed by atoms with Gasteiger partial charge in [0, 0.05) is 24.1 Å². The molecule has 1 N–H and O–H groups in total. The summed E-state index contributed by atoms with van der Waals surface area (Å²) >= 11 is 1.54. The van der Waals surface area contributed by atoms with Crippen LogP contribution in [0.2, 0.25) is 0 Å². The Balaban J connectivity index is 1.77. The molecule has 1 amide bonds. The summed E-state index contributed by atoms with van der Waals surface area (Å²) in [5, 5.41) is 3.70. The number of hydrogen-bond donors (Lipinski definition) is 1. The second-order valence-corrected chi connectivity index (χ2v) is 5.73. The number of aromatic nitrogens is 1. The van der Waals surface area contributed by atoms with E-state index in [0.29, 0.717) is 30.0 Å². The summed E-state index contributed by atoms with van der Waals surface area (Å²) in [6, 6.07) is 12.3. The summed E-state index contributed by atoms with van der Waals surface area (Å²) in [7, 11) is 0. The molecule has 1 heterocycles. The summed E-state index contributed by atoms with van der Waals surface area (Å²) in [5.41, 5.74) is 1.13. The Kier molecular flexibility index (Phi) is 6.62. The van der Waals surface area contributed by atoms with Crippen LogP contribution in [0, 0.1) is 0 Å². The highest BCUT2D eigenvalue weighted by Gasteiger charge is 2.07. The van der Waals surface area contributed by atoms with E-state index in [1.807, 2.05) is 18.2 Å². The highest BCUT2D eigenvalue weighted by Crippen LogP contribution is 2.16. The molecule has 1 aromatic carbocycles. The van der Waals surface area contributed by atoms with Gasteiger partial charge < -0.3 is 10.1 Å². The van der Waals surface area contributed by atoms with Gasteiger partial charge in [0.25, 0.3) is 0 Å². The maximum absolute atomic E-state index is 11.9. The molecule has 0 fully saturated rings. The standard InChI is InChI=1S/C17H18N2O3S/c1-2-22-17(21)13-6-8-14(9-7-13)19-15(20)10-12-23-16-5-3-4-11-18-16/h3-9,11H,2,10,12H2,1H3,(H,19,20). The van der Waals surface area contributed by atoms with Gasteiger partial charge >= 0.3 is 5.97 Å². The van der Waals surface area contributed by atoms with E-state index in [-0.39, 0.29) is 11.9 Å². The second kappa shape index (κ2) is 8.95. The molecule has 0 atom stereocenters. The van der Waals surface area contributed by atoms with Gasteiger partial charge in [-0.3, -0.25) is 4.79 Å². The molecule has 2 aromatic rings. The number of amides is 1. The minimum absolute atomic E-state index is 0.0719. The topological polar surface area (TPSA) is 68.3 Å². The Morgan fingerprint density at radius 3 is 2.61 bits per heavy atom. The van der Waals surface area contributed by atoms with Gasteiger partial charge in [0.1, 0.15) is 0 Å². The monoisotopic (exact) mass is 330 g/mol. The number of thioether (sulfide) groups is 1. The third-order valence-electron chi connectivity index (χ3n) is 2.90. The molecule has 23 heavy (non-hydrogen) atoms. The first-order chi connectivity index (χ1) is 11.2. The first kappa shape index (κ1) is 17.0. The van der Waals surface area contributed by atoms with E-state index >= 15 is 0 Å². The molecule has 120 valence electrons. The average molecular weight is 330 g/mol. The fourth-order valence-corrected chi connectivity index (χ4v) is 2.62. The quantitative estimate of drug-likeness (QED) is 0.622. The fourth-order valence-electron chi connectivity index (χ4n) is 1.81. The molecule has 0 bridgehead atoms. The van der Waals surface area contributed by atoms with Crippen molar-refractivity contribution in [3.05, 3.63) is 54.2 Å². The van der Waals surface area contributed by atoms with Crippen LogP contribution in [0.3, 0.4) is 0 Å². The van der Waals surface area contributed by atoms with Crippen LogP contribution in [0.5, 0.6) is 0 Å². The number of benzene rings is 1. The summed E-state index contributed by atoms with van der Waals surface area (Å²) in [4.78, 5) is 27.6. The summed E-state index contributed by atoms with van der Waals surface area (Å²) in [5.74, 6) is 0.221. The van der Waals surface area contributed by atoms with Crippen molar-refractivity contribution in [3.8, 4) is 0 Å². The number of rotatable bonds is 7. The van der Waals surface area contributed by atoms with Crippen molar-refractivity contribution in [1.82, 2.24) is 4.98 Å². The van der Waals surface area contributed by atoms with Crippen LogP contribution in [0.4, 0.5) is 5.69 Å². The van der Waals surface area contributed by atoms with Gasteiger partial charge in [0.05, 0.1) is 17.2 Å². The van der Waals surface area contributed by atoms with Crippen LogP contribution in [0.1, 0.15) is 23.7 Å². The number of ether oxygens (including phenoxy) is 1. The van der Waals surface area contributed by atoms with Gasteiger partial charge in [-0.15, -0.1) is 11.8 Å². The van der Waals surface area contributed by atoms with E-state index < -0.39 is 0 Å². The van der Waals surface area contributed by atoms with Crippen LogP contribution < -0.4 is 5.32 Å². The van der Waals surface area contributed by atoms with E-state index in [2.05, 4.69) is 10.3 Å². The normalized spacial score (nSPS) is 10.1. The van der Waals surface area contributed by atoms with Crippen molar-refractivity contribution in [2.45, 2.75) is 18.4 Å². The van der Waals surface area contributed by atoms with Crippen molar-refractivity contribution in [2.75, 3.05) is 17.7 Å². The minimum Gasteiger partial charge on any atom is -0.462 e. The Hall–Kier alpha value is -2.34. The van der Waals surface area contributed by atoms with Crippen molar-refractivity contribution in [2.24, 2.45) is 0 Å². The van der Waals surface area contributed by atoms with Crippen molar-refractivity contribution in [3.63, 3.8) is 0 Å². The van der Waals surface area contributed by atoms with Crippen LogP contribution in [0.25, 0.3) is 0 Å². The largest absolute Gasteiger partial charge is 0.462 e. The van der Waals surface area contributed by atoms with Crippen LogP contribution in [0.15, 0.2) is 53.7 Å². The van der Waals surface area contributed by atoms with E-state index in [1.54, 1.807) is 37.4 Å². The molecule has 0 saturated heterocycles. The number of nitrogens with zero attached hydrogens (tertiary/aromatic N) is 1. The lowest BCUT2D eigenvalue weighted by molar-refractivity contribution is -0.115. The zero-order valence-corrected chi connectivity index (χ0v) is 13.6. The maximum atomic E-state index is 11.9. The molecule has 6 heteroatoms. The van der Waals surface area contributed by atoms with Crippen molar-refractivity contribution >= 4 is 29.3 Å². The third-order valence-corrected chi connectivity index (χ3v) is 3.84. The Labute approximate surface area is 139 Å². The summed E-state index contributed by atoms with van der Waals surface area (Å²) in [6.07, 6.45) is 2.12. The van der Waals surface area contributed by atoms with Gasteiger partial charge in [-0.1, -0.05) is 6.07 Å². The predicted octanol–water partition coefficient (Wildman–Crippen LogP) is 3.38. The van der Waals surface area contributed by atoms with Gasteiger partial charge in [0.15, 0.2) is 0 Å². The molecule has 0 unspecified atom stereocenters. The number of hydrogen-bond acceptors (Lipinski definition) is 5. The third kappa shape index (κ3) is 5.75. The van der Waals surface area contributed by atoms with E-state index in [0.717, 1.165) is 5.03 Å². The van der Waals surface area contributed by atoms with Gasteiger partial charge in [-0.2, -0.15) is 0 Å². The molecule has 0 saturated carbocycles. The van der Waals surface area contributed by atoms with Crippen molar-refractivity contribution in [1.29, 1.82) is 0 Å². The number of carbonyl (C=O) groups excluding carboxylic acids is 2. The number of anilines is 1. The molecule has 5 nitrogen and oxygen atoms in total. The number of esters is 1. The maximum Gasteiger partial charge on any atom is 0.338 e. The van der Waals surface area contributed by atoms with Crippen LogP contribution >= 0.6 is 11.8 Å². The number of pyridine rings is 1. The molecule has 0 radical (unpaired) electrons. The Bertz CT molecular complexity index is 645. The zero-order valence-electron chi connectivity index (χ0n) is 12.8. The predicted molar refractivity (Wildman–Crippen MR) is 90.6 cm³/mol. The van der Waals surface area contributed by atoms with E-state index in [9.17, 15) is 9.59 Å². The first-order valence-corrected chi connectivity index (χ1v) is 8.28. The Morgan fingerprint density at radius 2 is 1.96 bits per heavy atom. The minimum atomic E-state index is -0.364. The van der Waals surface area contributed by atoms with Crippen LogP contribution in [-0.2, 0) is 9.53 Å². The average Bonchev–Trinajstić information content (AvgIpc) is 2.57. The molecule has 1 aromatic heterocycles. The van der Waals surface area contributed by atoms with E-state index in [1.165, 1.54) is 11.8 Å². The SMILES string of the molecule is CCOC(=O)c1ccc(NC(=O)CCSc2ccccn2)cc1. The van der Waals surface area contributed by atoms with Gasteiger partial charge in [-0.05, 0) is 43.3 Å². The summed E-state index contributed by atoms with van der Waals surface area (Å²) < 4.78 is 4.91. The summed E-state index contributed by atoms with van der Waals surface area (Å²) in [6.45, 7) is 2.10. The molecule has 0 aliphatic carbocycles. The molecular weight excluding hydrogens is 312 g/mol. The van der Waals surface area contributed by atoms with Crippen molar-refractivity contribution < 1.29 is 14.3 Å². The zero-order chi connectivity index (χ0) is 16.5. The number of nitrogens with one attached hydrogen (secondary N) is 1. The molecular formula is C17H18N2O3S. The lowest BCUT2D eigenvalue weighted by atomic mass is 10.2. The van der Waals surface area contributed by atoms with Gasteiger partial charge in [-0.25, -0.2) is 9.78 Å².